The summed E-state index contributed by atoms with van der Waals surface area (Å²) >= 11 is -1.45. The van der Waals surface area contributed by atoms with Crippen molar-refractivity contribution >= 4 is 28.3 Å². The molecule has 2 nitrogen and oxygen atoms in total. The van der Waals surface area contributed by atoms with Gasteiger partial charge in [0.1, 0.15) is 0 Å². The molecular formula is C12H28Al2O2. The van der Waals surface area contributed by atoms with Crippen LogP contribution in [0, 0.1) is 0 Å². The van der Waals surface area contributed by atoms with Gasteiger partial charge in [-0.05, 0) is 13.8 Å². The lowest BCUT2D eigenvalue weighted by Gasteiger charge is -2.22. The molecule has 0 aliphatic carbocycles. The minimum atomic E-state index is -0.726. The highest BCUT2D eigenvalue weighted by atomic mass is 27.2. The minimum absolute atomic E-state index is 0.362. The van der Waals surface area contributed by atoms with Crippen molar-refractivity contribution in [3.8, 4) is 0 Å². The lowest BCUT2D eigenvalue weighted by molar-refractivity contribution is -0.314. The van der Waals surface area contributed by atoms with Crippen molar-refractivity contribution in [3.05, 3.63) is 0 Å². The quantitative estimate of drug-likeness (QED) is 0.355. The van der Waals surface area contributed by atoms with Crippen molar-refractivity contribution in [2.75, 3.05) is 0 Å². The van der Waals surface area contributed by atoms with Crippen molar-refractivity contribution in [2.24, 2.45) is 0 Å². The molecule has 0 heterocycles. The normalized spacial score (nSPS) is 14.6. The van der Waals surface area contributed by atoms with Crippen LogP contribution in [0.25, 0.3) is 0 Å². The van der Waals surface area contributed by atoms with E-state index in [-0.39, 0.29) is 0 Å². The number of rotatable bonds is 9. The van der Waals surface area contributed by atoms with E-state index in [0.29, 0.717) is 9.93 Å². The molecule has 0 radical (unpaired) electrons. The molecule has 0 amide bonds. The van der Waals surface area contributed by atoms with E-state index in [1.807, 2.05) is 0 Å². The van der Waals surface area contributed by atoms with Crippen LogP contribution in [0.2, 0.25) is 21.1 Å². The summed E-state index contributed by atoms with van der Waals surface area (Å²) in [5.74, 6) is 0. The molecular weight excluding hydrogens is 230 g/mol. The van der Waals surface area contributed by atoms with Gasteiger partial charge in [-0.1, -0.05) is 48.8 Å². The van der Waals surface area contributed by atoms with Crippen molar-refractivity contribution in [1.82, 2.24) is 0 Å². The Bertz CT molecular complexity index is 141. The Hall–Kier alpha value is 0.985. The standard InChI is InChI=1S/C4H8O2.4C2H5.2Al/c1-3-5-6-4-2;4*1-2;;/h3-4H,1-2H3;4*1H2,2H3;;. The predicted octanol–water partition coefficient (Wildman–Crippen LogP) is 3.86. The zero-order chi connectivity index (χ0) is 12.6. The molecule has 0 saturated carbocycles. The average Bonchev–Trinajstić information content (AvgIpc) is 2.29. The highest BCUT2D eigenvalue weighted by Crippen LogP contribution is 2.12. The van der Waals surface area contributed by atoms with Gasteiger partial charge in [-0.2, -0.15) is 0 Å². The van der Waals surface area contributed by atoms with E-state index in [9.17, 15) is 0 Å². The van der Waals surface area contributed by atoms with Gasteiger partial charge in [0.2, 0.25) is 0 Å². The molecule has 0 N–H and O–H groups in total. The molecule has 0 aliphatic rings. The lowest BCUT2D eigenvalue weighted by Crippen LogP contribution is -2.35. The fraction of sp³-hybridized carbons (Fsp3) is 1.00. The van der Waals surface area contributed by atoms with E-state index < -0.39 is 28.3 Å². The van der Waals surface area contributed by atoms with Gasteiger partial charge in [0.15, 0.2) is 0 Å². The first-order chi connectivity index (χ1) is 7.60. The third-order valence-corrected chi connectivity index (χ3v) is 10.9. The fourth-order valence-electron chi connectivity index (χ4n) is 2.24. The summed E-state index contributed by atoms with van der Waals surface area (Å²) < 4.78 is 0. The maximum atomic E-state index is 5.63. The summed E-state index contributed by atoms with van der Waals surface area (Å²) in [6.07, 6.45) is 0. The maximum Gasteiger partial charge on any atom is 0.310 e. The van der Waals surface area contributed by atoms with Crippen LogP contribution in [0.5, 0.6) is 0 Å². The van der Waals surface area contributed by atoms with Crippen molar-refractivity contribution in [3.63, 3.8) is 0 Å². The molecule has 0 aromatic carbocycles. The Balaban J connectivity index is 3.93. The molecule has 2 unspecified atom stereocenters. The summed E-state index contributed by atoms with van der Waals surface area (Å²) in [4.78, 5) is 12.0. The number of hydrogen-bond acceptors (Lipinski definition) is 2. The minimum Gasteiger partial charge on any atom is -0.250 e. The summed E-state index contributed by atoms with van der Waals surface area (Å²) in [6, 6.07) is 0. The molecule has 2 atom stereocenters. The van der Waals surface area contributed by atoms with E-state index in [0.717, 1.165) is 0 Å². The van der Waals surface area contributed by atoms with E-state index in [1.54, 1.807) is 0 Å². The molecule has 0 spiro atoms. The van der Waals surface area contributed by atoms with Crippen LogP contribution in [0.3, 0.4) is 0 Å². The van der Waals surface area contributed by atoms with Gasteiger partial charge in [-0.25, -0.2) is 0 Å². The van der Waals surface area contributed by atoms with Crippen LogP contribution in [0.4, 0.5) is 0 Å². The van der Waals surface area contributed by atoms with Crippen LogP contribution in [0.15, 0.2) is 0 Å². The predicted molar refractivity (Wildman–Crippen MR) is 74.5 cm³/mol. The van der Waals surface area contributed by atoms with Crippen LogP contribution >= 0.6 is 0 Å². The molecule has 94 valence electrons. The summed E-state index contributed by atoms with van der Waals surface area (Å²) in [5, 5.41) is 5.21. The second-order valence-corrected chi connectivity index (χ2v) is 12.9. The third-order valence-electron chi connectivity index (χ3n) is 3.78. The van der Waals surface area contributed by atoms with Gasteiger partial charge in [0, 0.05) is 9.93 Å². The molecule has 0 saturated heterocycles. The van der Waals surface area contributed by atoms with E-state index in [2.05, 4.69) is 41.5 Å². The smallest absolute Gasteiger partial charge is 0.250 e. The Labute approximate surface area is 110 Å². The van der Waals surface area contributed by atoms with E-state index in [4.69, 9.17) is 9.78 Å². The van der Waals surface area contributed by atoms with Gasteiger partial charge in [0.05, 0.1) is 0 Å². The summed E-state index contributed by atoms with van der Waals surface area (Å²) in [7, 11) is 0. The first-order valence-corrected chi connectivity index (χ1v) is 11.5. The molecule has 0 aromatic heterocycles. The maximum absolute atomic E-state index is 5.63. The average molecular weight is 258 g/mol. The molecule has 0 aliphatic heterocycles. The Morgan fingerprint density at radius 3 is 1.12 bits per heavy atom. The number of hydrogen-bond donors (Lipinski definition) is 0. The molecule has 0 aromatic rings. The highest BCUT2D eigenvalue weighted by Gasteiger charge is 2.26. The van der Waals surface area contributed by atoms with Crippen LogP contribution in [-0.2, 0) is 9.78 Å². The van der Waals surface area contributed by atoms with Gasteiger partial charge >= 0.3 is 28.3 Å². The molecule has 0 bridgehead atoms. The highest BCUT2D eigenvalue weighted by molar-refractivity contribution is 6.60. The topological polar surface area (TPSA) is 18.5 Å². The van der Waals surface area contributed by atoms with Gasteiger partial charge in [0.25, 0.3) is 0 Å². The largest absolute Gasteiger partial charge is 0.310 e. The van der Waals surface area contributed by atoms with E-state index in [1.165, 1.54) is 21.1 Å². The van der Waals surface area contributed by atoms with Crippen molar-refractivity contribution in [2.45, 2.75) is 72.6 Å². The second kappa shape index (κ2) is 9.96. The first kappa shape index (κ1) is 17.0. The van der Waals surface area contributed by atoms with Crippen molar-refractivity contribution in [1.29, 1.82) is 0 Å². The lowest BCUT2D eigenvalue weighted by atomic mass is 10.8. The van der Waals surface area contributed by atoms with Gasteiger partial charge in [-0.3, -0.25) is 9.78 Å². The molecule has 0 rings (SSSR count). The third kappa shape index (κ3) is 6.06. The summed E-state index contributed by atoms with van der Waals surface area (Å²) in [6.45, 7) is 13.5. The zero-order valence-electron chi connectivity index (χ0n) is 12.0. The fourth-order valence-corrected chi connectivity index (χ4v) is 6.49. The monoisotopic (exact) mass is 258 g/mol. The molecule has 16 heavy (non-hydrogen) atoms. The Morgan fingerprint density at radius 2 is 0.938 bits per heavy atom. The van der Waals surface area contributed by atoms with Gasteiger partial charge < -0.3 is 0 Å². The van der Waals surface area contributed by atoms with Crippen LogP contribution < -0.4 is 0 Å². The SMILES string of the molecule is C[CH2][Al]([CH2]C)[CH](C)OO[CH](C)[Al]([CH2]C)[CH2]C. The van der Waals surface area contributed by atoms with Crippen LogP contribution in [-0.4, -0.2) is 38.2 Å². The second-order valence-electron chi connectivity index (χ2n) is 4.76. The van der Waals surface area contributed by atoms with E-state index >= 15 is 0 Å². The summed E-state index contributed by atoms with van der Waals surface area (Å²) in [5.41, 5.74) is 0. The van der Waals surface area contributed by atoms with Crippen LogP contribution in [0.1, 0.15) is 41.5 Å². The molecule has 0 fully saturated rings. The Kier molecular flexibility index (Phi) is 10.6. The Morgan fingerprint density at radius 1 is 0.688 bits per heavy atom. The molecule has 4 heteroatoms. The zero-order valence-corrected chi connectivity index (χ0v) is 14.3. The van der Waals surface area contributed by atoms with Crippen molar-refractivity contribution < 1.29 is 9.78 Å². The first-order valence-electron chi connectivity index (χ1n) is 6.92. The van der Waals surface area contributed by atoms with Gasteiger partial charge in [-0.15, -0.1) is 0 Å².